The van der Waals surface area contributed by atoms with Crippen LogP contribution in [0.25, 0.3) is 11.3 Å². The van der Waals surface area contributed by atoms with Crippen LogP contribution in [0.4, 0.5) is 0 Å². The van der Waals surface area contributed by atoms with Crippen LogP contribution in [-0.2, 0) is 6.54 Å². The van der Waals surface area contributed by atoms with Crippen molar-refractivity contribution in [2.24, 2.45) is 0 Å². The molecular formula is C25H20ClN3O2. The van der Waals surface area contributed by atoms with Crippen molar-refractivity contribution in [3.05, 3.63) is 106 Å². The number of hydrogen-bond acceptors (Lipinski definition) is 3. The van der Waals surface area contributed by atoms with E-state index >= 15 is 0 Å². The fourth-order valence-corrected chi connectivity index (χ4v) is 4.33. The topological polar surface area (TPSA) is 58.2 Å². The average molecular weight is 430 g/mol. The molecule has 4 aromatic rings. The minimum atomic E-state index is -0.294. The highest BCUT2D eigenvalue weighted by molar-refractivity contribution is 6.30. The molecule has 154 valence electrons. The number of nitrogens with zero attached hydrogens (tertiary/aromatic N) is 2. The minimum absolute atomic E-state index is 0.0783. The quantitative estimate of drug-likeness (QED) is 0.456. The number of aromatic amines is 1. The van der Waals surface area contributed by atoms with Gasteiger partial charge in [-0.05, 0) is 35.4 Å². The molecule has 6 heteroatoms. The number of hydrogen-bond donors (Lipinski definition) is 1. The summed E-state index contributed by atoms with van der Waals surface area (Å²) in [5.41, 5.74) is 5.12. The maximum atomic E-state index is 13.4. The first-order valence-electron chi connectivity index (χ1n) is 9.99. The van der Waals surface area contributed by atoms with Gasteiger partial charge in [-0.3, -0.25) is 9.89 Å². The fourth-order valence-electron chi connectivity index (χ4n) is 4.13. The van der Waals surface area contributed by atoms with Crippen LogP contribution in [0.3, 0.4) is 0 Å². The molecule has 5 rings (SSSR count). The number of carbonyl (C=O) groups excluding carboxylic acids is 1. The summed E-state index contributed by atoms with van der Waals surface area (Å²) in [5, 5.41) is 8.12. The van der Waals surface area contributed by atoms with Gasteiger partial charge in [0.25, 0.3) is 5.91 Å². The van der Waals surface area contributed by atoms with Crippen LogP contribution in [0, 0.1) is 0 Å². The van der Waals surface area contributed by atoms with Crippen LogP contribution >= 0.6 is 11.6 Å². The average Bonchev–Trinajstić information content (AvgIpc) is 3.34. The van der Waals surface area contributed by atoms with E-state index in [2.05, 4.69) is 10.2 Å². The van der Waals surface area contributed by atoms with Crippen LogP contribution < -0.4 is 4.74 Å². The summed E-state index contributed by atoms with van der Waals surface area (Å²) >= 11 is 6.32. The summed E-state index contributed by atoms with van der Waals surface area (Å²) in [6, 6.07) is 25.0. The van der Waals surface area contributed by atoms with Crippen molar-refractivity contribution in [2.45, 2.75) is 12.6 Å². The molecule has 2 heterocycles. The Morgan fingerprint density at radius 3 is 2.52 bits per heavy atom. The van der Waals surface area contributed by atoms with Crippen LogP contribution in [0.1, 0.15) is 33.2 Å². The molecule has 1 unspecified atom stereocenters. The highest BCUT2D eigenvalue weighted by Crippen LogP contribution is 2.43. The van der Waals surface area contributed by atoms with E-state index in [0.717, 1.165) is 33.7 Å². The lowest BCUT2D eigenvalue weighted by Gasteiger charge is -2.26. The number of carbonyl (C=O) groups is 1. The molecule has 0 saturated carbocycles. The van der Waals surface area contributed by atoms with Crippen molar-refractivity contribution in [1.82, 2.24) is 15.1 Å². The Morgan fingerprint density at radius 2 is 1.81 bits per heavy atom. The lowest BCUT2D eigenvalue weighted by Crippen LogP contribution is -2.29. The number of methoxy groups -OCH3 is 1. The highest BCUT2D eigenvalue weighted by atomic mass is 35.5. The van der Waals surface area contributed by atoms with E-state index in [-0.39, 0.29) is 11.9 Å². The first-order chi connectivity index (χ1) is 15.2. The van der Waals surface area contributed by atoms with Gasteiger partial charge in [0.15, 0.2) is 0 Å². The highest BCUT2D eigenvalue weighted by Gasteiger charge is 2.42. The second-order valence-electron chi connectivity index (χ2n) is 7.47. The van der Waals surface area contributed by atoms with Crippen molar-refractivity contribution < 1.29 is 9.53 Å². The third-order valence-corrected chi connectivity index (χ3v) is 5.82. The van der Waals surface area contributed by atoms with Crippen LogP contribution in [0.15, 0.2) is 78.9 Å². The zero-order chi connectivity index (χ0) is 21.4. The van der Waals surface area contributed by atoms with Crippen molar-refractivity contribution in [3.8, 4) is 17.0 Å². The first-order valence-corrected chi connectivity index (χ1v) is 10.4. The number of amides is 1. The Bertz CT molecular complexity index is 1240. The molecule has 0 radical (unpaired) electrons. The minimum Gasteiger partial charge on any atom is -0.497 e. The summed E-state index contributed by atoms with van der Waals surface area (Å²) in [6.45, 7) is 0.455. The van der Waals surface area contributed by atoms with Crippen LogP contribution in [-0.4, -0.2) is 28.1 Å². The van der Waals surface area contributed by atoms with Gasteiger partial charge in [-0.15, -0.1) is 0 Å². The van der Waals surface area contributed by atoms with Gasteiger partial charge in [0, 0.05) is 22.7 Å². The molecule has 1 aliphatic heterocycles. The van der Waals surface area contributed by atoms with E-state index in [0.29, 0.717) is 17.3 Å². The maximum Gasteiger partial charge on any atom is 0.273 e. The third kappa shape index (κ3) is 3.47. The first kappa shape index (κ1) is 19.4. The predicted molar refractivity (Wildman–Crippen MR) is 120 cm³/mol. The molecule has 1 N–H and O–H groups in total. The van der Waals surface area contributed by atoms with Gasteiger partial charge in [0.2, 0.25) is 0 Å². The molecule has 1 aromatic heterocycles. The van der Waals surface area contributed by atoms with E-state index in [9.17, 15) is 4.79 Å². The molecule has 0 bridgehead atoms. The Kier molecular flexibility index (Phi) is 4.96. The number of H-pyrrole nitrogens is 1. The van der Waals surface area contributed by atoms with Crippen molar-refractivity contribution in [3.63, 3.8) is 0 Å². The molecule has 0 aliphatic carbocycles. The van der Waals surface area contributed by atoms with Gasteiger partial charge in [0.05, 0.1) is 18.8 Å². The molecule has 5 nitrogen and oxygen atoms in total. The monoisotopic (exact) mass is 429 g/mol. The van der Waals surface area contributed by atoms with Gasteiger partial charge in [-0.1, -0.05) is 66.2 Å². The number of nitrogens with one attached hydrogen (secondary N) is 1. The Balaban J connectivity index is 1.62. The smallest absolute Gasteiger partial charge is 0.273 e. The second kappa shape index (κ2) is 7.93. The van der Waals surface area contributed by atoms with Crippen LogP contribution in [0.5, 0.6) is 5.75 Å². The maximum absolute atomic E-state index is 13.4. The molecule has 0 fully saturated rings. The SMILES string of the molecule is COc1ccc(CN2C(=O)c3[nH]nc(-c4ccccc4)c3C2c2cccc(Cl)c2)cc1. The summed E-state index contributed by atoms with van der Waals surface area (Å²) < 4.78 is 5.26. The summed E-state index contributed by atoms with van der Waals surface area (Å²) in [6.07, 6.45) is 0. The Morgan fingerprint density at radius 1 is 1.03 bits per heavy atom. The summed E-state index contributed by atoms with van der Waals surface area (Å²) in [7, 11) is 1.64. The van der Waals surface area contributed by atoms with Gasteiger partial charge in [-0.25, -0.2) is 0 Å². The summed E-state index contributed by atoms with van der Waals surface area (Å²) in [4.78, 5) is 15.3. The van der Waals surface area contributed by atoms with Crippen molar-refractivity contribution in [2.75, 3.05) is 7.11 Å². The molecule has 0 spiro atoms. The number of ether oxygens (including phenoxy) is 1. The zero-order valence-electron chi connectivity index (χ0n) is 16.9. The molecule has 0 saturated heterocycles. The van der Waals surface area contributed by atoms with Crippen molar-refractivity contribution in [1.29, 1.82) is 0 Å². The Hall–Kier alpha value is -3.57. The van der Waals surface area contributed by atoms with E-state index in [1.54, 1.807) is 7.11 Å². The van der Waals surface area contributed by atoms with E-state index in [1.807, 2.05) is 83.8 Å². The van der Waals surface area contributed by atoms with Crippen LogP contribution in [0.2, 0.25) is 5.02 Å². The van der Waals surface area contributed by atoms with Gasteiger partial charge in [-0.2, -0.15) is 5.10 Å². The van der Waals surface area contributed by atoms with Gasteiger partial charge in [0.1, 0.15) is 11.4 Å². The number of halogens is 1. The fraction of sp³-hybridized carbons (Fsp3) is 0.120. The second-order valence-corrected chi connectivity index (χ2v) is 7.90. The number of fused-ring (bicyclic) bond motifs is 1. The predicted octanol–water partition coefficient (Wildman–Crippen LogP) is 5.48. The standard InChI is InChI=1S/C25H20ClN3O2/c1-31-20-12-10-16(11-13-20)15-29-24(18-8-5-9-19(26)14-18)21-22(17-6-3-2-4-7-17)27-28-23(21)25(29)30/h2-14,24H,15H2,1H3,(H,27,28). The van der Waals surface area contributed by atoms with Gasteiger partial charge < -0.3 is 9.64 Å². The molecule has 31 heavy (non-hydrogen) atoms. The lowest BCUT2D eigenvalue weighted by atomic mass is 9.96. The number of rotatable bonds is 5. The molecule has 1 amide bonds. The number of benzene rings is 3. The largest absolute Gasteiger partial charge is 0.497 e. The summed E-state index contributed by atoms with van der Waals surface area (Å²) in [5.74, 6) is 0.703. The lowest BCUT2D eigenvalue weighted by molar-refractivity contribution is 0.0730. The van der Waals surface area contributed by atoms with Gasteiger partial charge >= 0.3 is 0 Å². The van der Waals surface area contributed by atoms with Crippen molar-refractivity contribution >= 4 is 17.5 Å². The van der Waals surface area contributed by atoms with E-state index in [1.165, 1.54) is 0 Å². The van der Waals surface area contributed by atoms with E-state index < -0.39 is 0 Å². The molecule has 1 aliphatic rings. The zero-order valence-corrected chi connectivity index (χ0v) is 17.6. The number of aromatic nitrogens is 2. The molecular weight excluding hydrogens is 410 g/mol. The molecule has 1 atom stereocenters. The van der Waals surface area contributed by atoms with E-state index in [4.69, 9.17) is 16.3 Å². The normalized spacial score (nSPS) is 15.2. The third-order valence-electron chi connectivity index (χ3n) is 5.59. The Labute approximate surface area is 185 Å². The molecule has 3 aromatic carbocycles.